The van der Waals surface area contributed by atoms with E-state index in [0.29, 0.717) is 28.1 Å². The van der Waals surface area contributed by atoms with Gasteiger partial charge in [0.2, 0.25) is 5.95 Å². The molecule has 0 aliphatic carbocycles. The molecule has 1 unspecified atom stereocenters. The number of hydrogen-bond donors (Lipinski definition) is 3. The van der Waals surface area contributed by atoms with Crippen LogP contribution in [-0.4, -0.2) is 25.9 Å². The third-order valence-electron chi connectivity index (χ3n) is 4.64. The molecule has 0 aliphatic heterocycles. The number of halogens is 2. The molecule has 0 saturated carbocycles. The summed E-state index contributed by atoms with van der Waals surface area (Å²) in [6.45, 7) is 2.34. The number of nitrogen functional groups attached to an aromatic ring is 1. The molecule has 5 N–H and O–H groups in total. The highest BCUT2D eigenvalue weighted by Crippen LogP contribution is 2.29. The Morgan fingerprint density at radius 3 is 2.83 bits per heavy atom. The highest BCUT2D eigenvalue weighted by atomic mass is 35.5. The lowest BCUT2D eigenvalue weighted by molar-refractivity contribution is 0.762. The molecule has 0 radical (unpaired) electrons. The predicted molar refractivity (Wildman–Crippen MR) is 117 cm³/mol. The molecular weight excluding hydrogens is 409 g/mol. The fourth-order valence-electron chi connectivity index (χ4n) is 3.11. The minimum Gasteiger partial charge on any atom is -0.368 e. The maximum Gasteiger partial charge on any atom is 0.222 e. The maximum atomic E-state index is 6.28. The Kier molecular flexibility index (Phi) is 5.27. The van der Waals surface area contributed by atoms with Crippen molar-refractivity contribution < 1.29 is 0 Å². The second-order valence-corrected chi connectivity index (χ2v) is 7.43. The van der Waals surface area contributed by atoms with Gasteiger partial charge in [-0.05, 0) is 30.7 Å². The van der Waals surface area contributed by atoms with Crippen LogP contribution in [0.5, 0.6) is 0 Å². The number of benzene rings is 1. The van der Waals surface area contributed by atoms with Crippen LogP contribution in [0, 0.1) is 6.92 Å². The van der Waals surface area contributed by atoms with Crippen LogP contribution >= 0.6 is 23.2 Å². The quantitative estimate of drug-likeness (QED) is 0.442. The number of imidazole rings is 1. The van der Waals surface area contributed by atoms with Gasteiger partial charge < -0.3 is 21.2 Å². The maximum absolute atomic E-state index is 6.28. The van der Waals surface area contributed by atoms with Crippen LogP contribution in [0.15, 0.2) is 48.8 Å². The smallest absolute Gasteiger partial charge is 0.222 e. The van der Waals surface area contributed by atoms with Crippen molar-refractivity contribution in [2.24, 2.45) is 5.73 Å². The van der Waals surface area contributed by atoms with E-state index in [1.54, 1.807) is 6.07 Å². The first kappa shape index (κ1) is 19.4. The van der Waals surface area contributed by atoms with Gasteiger partial charge >= 0.3 is 0 Å². The Labute approximate surface area is 177 Å². The summed E-state index contributed by atoms with van der Waals surface area (Å²) >= 11 is 12.3. The molecule has 0 amide bonds. The molecular formula is C20H19Cl2N7. The first-order valence-corrected chi connectivity index (χ1v) is 9.70. The van der Waals surface area contributed by atoms with E-state index < -0.39 is 0 Å². The number of aryl methyl sites for hydroxylation is 1. The van der Waals surface area contributed by atoms with Crippen molar-refractivity contribution in [2.75, 3.05) is 17.6 Å². The number of pyridine rings is 1. The summed E-state index contributed by atoms with van der Waals surface area (Å²) in [5, 5.41) is 4.13. The monoisotopic (exact) mass is 427 g/mol. The van der Waals surface area contributed by atoms with Crippen LogP contribution in [-0.2, 0) is 0 Å². The van der Waals surface area contributed by atoms with Crippen molar-refractivity contribution in [1.29, 1.82) is 0 Å². The number of rotatable bonds is 5. The molecule has 0 fully saturated rings. The number of nitrogens with zero attached hydrogens (tertiary/aromatic N) is 4. The molecule has 7 nitrogen and oxygen atoms in total. The summed E-state index contributed by atoms with van der Waals surface area (Å²) in [7, 11) is 0. The summed E-state index contributed by atoms with van der Waals surface area (Å²) in [6.07, 6.45) is 3.80. The topological polar surface area (TPSA) is 107 Å². The second-order valence-electron chi connectivity index (χ2n) is 6.65. The van der Waals surface area contributed by atoms with Gasteiger partial charge in [-0.2, -0.15) is 4.98 Å². The van der Waals surface area contributed by atoms with Gasteiger partial charge in [0, 0.05) is 30.4 Å². The number of nitrogens with two attached hydrogens (primary N) is 2. The van der Waals surface area contributed by atoms with Crippen LogP contribution in [0.3, 0.4) is 0 Å². The van der Waals surface area contributed by atoms with E-state index in [-0.39, 0.29) is 12.0 Å². The minimum absolute atomic E-state index is 0.168. The first-order valence-electron chi connectivity index (χ1n) is 8.94. The van der Waals surface area contributed by atoms with E-state index in [9.17, 15) is 0 Å². The lowest BCUT2D eigenvalue weighted by atomic mass is 10.1. The first-order chi connectivity index (χ1) is 13.9. The Bertz CT molecular complexity index is 1190. The third-order valence-corrected chi connectivity index (χ3v) is 5.47. The zero-order chi connectivity index (χ0) is 20.5. The molecule has 9 heteroatoms. The van der Waals surface area contributed by atoms with Gasteiger partial charge in [-0.25, -0.2) is 9.97 Å². The zero-order valence-corrected chi connectivity index (χ0v) is 17.1. The summed E-state index contributed by atoms with van der Waals surface area (Å²) in [5.41, 5.74) is 15.6. The SMILES string of the molecule is Cc1ncc2ccc(-c3cc(NCC(N)c4cccc(Cl)c4Cl)nc(N)n3)cn12. The molecule has 148 valence electrons. The number of nitrogens with one attached hydrogen (secondary N) is 1. The van der Waals surface area contributed by atoms with E-state index in [2.05, 4.69) is 20.3 Å². The fourth-order valence-corrected chi connectivity index (χ4v) is 3.55. The molecule has 3 aromatic heterocycles. The van der Waals surface area contributed by atoms with Crippen molar-refractivity contribution in [3.8, 4) is 11.3 Å². The number of hydrogen-bond acceptors (Lipinski definition) is 6. The van der Waals surface area contributed by atoms with Crippen LogP contribution < -0.4 is 16.8 Å². The van der Waals surface area contributed by atoms with Crippen molar-refractivity contribution in [2.45, 2.75) is 13.0 Å². The van der Waals surface area contributed by atoms with Crippen molar-refractivity contribution in [3.63, 3.8) is 0 Å². The van der Waals surface area contributed by atoms with Crippen LogP contribution in [0.2, 0.25) is 10.0 Å². The van der Waals surface area contributed by atoms with Crippen molar-refractivity contribution in [3.05, 3.63) is 70.2 Å². The lowest BCUT2D eigenvalue weighted by Crippen LogP contribution is -2.21. The molecule has 0 saturated heterocycles. The predicted octanol–water partition coefficient (Wildman–Crippen LogP) is 4.10. The Morgan fingerprint density at radius 2 is 2.00 bits per heavy atom. The van der Waals surface area contributed by atoms with Crippen molar-refractivity contribution >= 4 is 40.5 Å². The van der Waals surface area contributed by atoms with Gasteiger partial charge in [0.05, 0.1) is 27.5 Å². The molecule has 0 spiro atoms. The van der Waals surface area contributed by atoms with Gasteiger partial charge in [-0.3, -0.25) is 0 Å². The highest BCUT2D eigenvalue weighted by molar-refractivity contribution is 6.42. The number of anilines is 2. The third kappa shape index (κ3) is 3.98. The Hall–Kier alpha value is -2.87. The summed E-state index contributed by atoms with van der Waals surface area (Å²) in [4.78, 5) is 12.9. The molecule has 4 rings (SSSR count). The number of aromatic nitrogens is 4. The van der Waals surface area contributed by atoms with E-state index in [1.807, 2.05) is 54.0 Å². The van der Waals surface area contributed by atoms with Crippen LogP contribution in [0.4, 0.5) is 11.8 Å². The van der Waals surface area contributed by atoms with E-state index in [0.717, 1.165) is 22.5 Å². The molecule has 3 heterocycles. The molecule has 0 aliphatic rings. The zero-order valence-electron chi connectivity index (χ0n) is 15.6. The number of fused-ring (bicyclic) bond motifs is 1. The summed E-state index contributed by atoms with van der Waals surface area (Å²) in [6, 6.07) is 10.8. The van der Waals surface area contributed by atoms with Gasteiger partial charge in [-0.1, -0.05) is 35.3 Å². The normalized spacial score (nSPS) is 12.3. The average Bonchev–Trinajstić information content (AvgIpc) is 3.08. The molecule has 4 aromatic rings. The minimum atomic E-state index is -0.370. The lowest BCUT2D eigenvalue weighted by Gasteiger charge is -2.16. The van der Waals surface area contributed by atoms with Gasteiger partial charge in [0.1, 0.15) is 11.6 Å². The molecule has 1 aromatic carbocycles. The van der Waals surface area contributed by atoms with Crippen molar-refractivity contribution in [1.82, 2.24) is 19.4 Å². The van der Waals surface area contributed by atoms with Gasteiger partial charge in [0.15, 0.2) is 0 Å². The summed E-state index contributed by atoms with van der Waals surface area (Å²) < 4.78 is 2.00. The Balaban J connectivity index is 1.58. The van der Waals surface area contributed by atoms with Gasteiger partial charge in [0.25, 0.3) is 0 Å². The Morgan fingerprint density at radius 1 is 1.17 bits per heavy atom. The summed E-state index contributed by atoms with van der Waals surface area (Å²) in [5.74, 6) is 1.64. The molecule has 29 heavy (non-hydrogen) atoms. The largest absolute Gasteiger partial charge is 0.368 e. The highest BCUT2D eigenvalue weighted by Gasteiger charge is 2.13. The average molecular weight is 428 g/mol. The fraction of sp³-hybridized carbons (Fsp3) is 0.150. The van der Waals surface area contributed by atoms with E-state index in [1.165, 1.54) is 0 Å². The standard InChI is InChI=1S/C20H19Cl2N7/c1-11-25-8-13-6-5-12(10-29(11)13)17-7-18(28-20(24)27-17)26-9-16(23)14-3-2-4-15(21)19(14)22/h2-8,10,16H,9,23H2,1H3,(H3,24,26,27,28). The van der Waals surface area contributed by atoms with Crippen LogP contribution in [0.1, 0.15) is 17.4 Å². The van der Waals surface area contributed by atoms with Gasteiger partial charge in [-0.15, -0.1) is 0 Å². The van der Waals surface area contributed by atoms with Crippen LogP contribution in [0.25, 0.3) is 16.8 Å². The van der Waals surface area contributed by atoms with E-state index >= 15 is 0 Å². The molecule has 1 atom stereocenters. The van der Waals surface area contributed by atoms with E-state index in [4.69, 9.17) is 34.7 Å². The molecule has 0 bridgehead atoms. The second kappa shape index (κ2) is 7.87.